The number of nitrogens with zero attached hydrogens (tertiary/aromatic N) is 2. The summed E-state index contributed by atoms with van der Waals surface area (Å²) in [5, 5.41) is 3.03. The fourth-order valence-electron chi connectivity index (χ4n) is 3.45. The molecule has 2 aliphatic heterocycles. The second-order valence-corrected chi connectivity index (χ2v) is 8.38. The maximum Gasteiger partial charge on any atom is 0.337 e. The lowest BCUT2D eigenvalue weighted by molar-refractivity contribution is -0.135. The number of sulfonamides is 1. The molecule has 10 heteroatoms. The molecule has 2 heterocycles. The molecule has 0 radical (unpaired) electrons. The number of ether oxygens (including phenoxy) is 1. The SMILES string of the molecule is COC(=O)c1cccc(S(=O)(=O)N2CCCC(N3CCNCC3=O)C2)c1.Cl. The Labute approximate surface area is 165 Å². The average Bonchev–Trinajstić information content (AvgIpc) is 2.68. The van der Waals surface area contributed by atoms with Gasteiger partial charge in [-0.2, -0.15) is 4.31 Å². The van der Waals surface area contributed by atoms with Crippen molar-refractivity contribution in [1.82, 2.24) is 14.5 Å². The van der Waals surface area contributed by atoms with Crippen LogP contribution >= 0.6 is 12.4 Å². The molecule has 3 rings (SSSR count). The molecule has 2 saturated heterocycles. The summed E-state index contributed by atoms with van der Waals surface area (Å²) in [5.41, 5.74) is 0.194. The van der Waals surface area contributed by atoms with Crippen molar-refractivity contribution in [2.24, 2.45) is 0 Å². The van der Waals surface area contributed by atoms with Gasteiger partial charge in [0.2, 0.25) is 15.9 Å². The van der Waals surface area contributed by atoms with Crippen LogP contribution in [0.4, 0.5) is 0 Å². The molecule has 2 fully saturated rings. The van der Waals surface area contributed by atoms with Crippen LogP contribution in [-0.2, 0) is 19.6 Å². The van der Waals surface area contributed by atoms with E-state index in [1.54, 1.807) is 4.90 Å². The molecular weight excluding hydrogens is 394 g/mol. The first-order chi connectivity index (χ1) is 12.4. The lowest BCUT2D eigenvalue weighted by Gasteiger charge is -2.40. The van der Waals surface area contributed by atoms with Gasteiger partial charge in [-0.15, -0.1) is 12.4 Å². The van der Waals surface area contributed by atoms with E-state index in [4.69, 9.17) is 0 Å². The third kappa shape index (κ3) is 4.60. The molecule has 1 atom stereocenters. The van der Waals surface area contributed by atoms with Crippen LogP contribution in [0.3, 0.4) is 0 Å². The van der Waals surface area contributed by atoms with Gasteiger partial charge in [0.25, 0.3) is 0 Å². The van der Waals surface area contributed by atoms with E-state index >= 15 is 0 Å². The number of esters is 1. The van der Waals surface area contributed by atoms with Crippen LogP contribution in [0.15, 0.2) is 29.2 Å². The smallest absolute Gasteiger partial charge is 0.337 e. The summed E-state index contributed by atoms with van der Waals surface area (Å²) in [5.74, 6) is -0.571. The third-order valence-corrected chi connectivity index (χ3v) is 6.68. The van der Waals surface area contributed by atoms with Crippen molar-refractivity contribution in [1.29, 1.82) is 0 Å². The number of carbonyl (C=O) groups is 2. The molecule has 1 unspecified atom stereocenters. The van der Waals surface area contributed by atoms with E-state index in [0.29, 0.717) is 26.1 Å². The minimum Gasteiger partial charge on any atom is -0.465 e. The van der Waals surface area contributed by atoms with Crippen molar-refractivity contribution in [3.8, 4) is 0 Å². The summed E-state index contributed by atoms with van der Waals surface area (Å²) in [6, 6.07) is 5.74. The lowest BCUT2D eigenvalue weighted by atomic mass is 10.1. The Bertz CT molecular complexity index is 802. The first-order valence-corrected chi connectivity index (χ1v) is 10.1. The molecule has 0 bridgehead atoms. The van der Waals surface area contributed by atoms with E-state index in [-0.39, 0.29) is 41.4 Å². The molecule has 27 heavy (non-hydrogen) atoms. The van der Waals surface area contributed by atoms with Crippen molar-refractivity contribution < 1.29 is 22.7 Å². The number of amides is 1. The molecule has 1 aromatic rings. The fraction of sp³-hybridized carbons (Fsp3) is 0.529. The molecule has 2 aliphatic rings. The Kier molecular flexibility index (Phi) is 7.21. The van der Waals surface area contributed by atoms with Gasteiger partial charge in [0.1, 0.15) is 0 Å². The maximum absolute atomic E-state index is 13.0. The van der Waals surface area contributed by atoms with Gasteiger partial charge in [-0.05, 0) is 31.0 Å². The maximum atomic E-state index is 13.0. The van der Waals surface area contributed by atoms with Crippen LogP contribution in [0.1, 0.15) is 23.2 Å². The van der Waals surface area contributed by atoms with E-state index in [1.807, 2.05) is 0 Å². The standard InChI is InChI=1S/C17H23N3O5S.ClH/c1-25-17(22)13-4-2-6-15(10-13)26(23,24)19-8-3-5-14(12-19)20-9-7-18-11-16(20)21;/h2,4,6,10,14,18H,3,5,7-9,11-12H2,1H3;1H. The number of hydrogen-bond donors (Lipinski definition) is 1. The topological polar surface area (TPSA) is 96.0 Å². The Morgan fingerprint density at radius 2 is 2.07 bits per heavy atom. The Morgan fingerprint density at radius 1 is 1.30 bits per heavy atom. The van der Waals surface area contributed by atoms with Gasteiger partial charge in [-0.1, -0.05) is 6.07 Å². The van der Waals surface area contributed by atoms with E-state index in [0.717, 1.165) is 13.0 Å². The number of halogens is 1. The van der Waals surface area contributed by atoms with Gasteiger partial charge in [-0.3, -0.25) is 4.79 Å². The number of methoxy groups -OCH3 is 1. The summed E-state index contributed by atoms with van der Waals surface area (Å²) in [6.07, 6.45) is 1.48. The highest BCUT2D eigenvalue weighted by atomic mass is 35.5. The van der Waals surface area contributed by atoms with Gasteiger partial charge < -0.3 is 15.0 Å². The van der Waals surface area contributed by atoms with Crippen LogP contribution < -0.4 is 5.32 Å². The van der Waals surface area contributed by atoms with Crippen molar-refractivity contribution >= 4 is 34.3 Å². The predicted octanol–water partition coefficient (Wildman–Crippen LogP) is 0.480. The number of rotatable bonds is 4. The Balaban J connectivity index is 0.00000261. The van der Waals surface area contributed by atoms with Crippen LogP contribution in [0.5, 0.6) is 0 Å². The summed E-state index contributed by atoms with van der Waals surface area (Å²) >= 11 is 0. The minimum absolute atomic E-state index is 0. The molecule has 1 amide bonds. The van der Waals surface area contributed by atoms with Crippen molar-refractivity contribution in [3.63, 3.8) is 0 Å². The number of piperazine rings is 1. The highest BCUT2D eigenvalue weighted by Crippen LogP contribution is 2.24. The first-order valence-electron chi connectivity index (χ1n) is 8.62. The normalized spacial score (nSPS) is 21.4. The van der Waals surface area contributed by atoms with Crippen LogP contribution in [0.25, 0.3) is 0 Å². The minimum atomic E-state index is -3.74. The van der Waals surface area contributed by atoms with E-state index in [2.05, 4.69) is 10.1 Å². The summed E-state index contributed by atoms with van der Waals surface area (Å²) < 4.78 is 32.1. The van der Waals surface area contributed by atoms with E-state index < -0.39 is 16.0 Å². The van der Waals surface area contributed by atoms with Gasteiger partial charge in [0.15, 0.2) is 0 Å². The van der Waals surface area contributed by atoms with Crippen LogP contribution in [0, 0.1) is 0 Å². The van der Waals surface area contributed by atoms with Crippen molar-refractivity contribution in [2.45, 2.75) is 23.8 Å². The van der Waals surface area contributed by atoms with Crippen LogP contribution in [0.2, 0.25) is 0 Å². The zero-order chi connectivity index (χ0) is 18.7. The van der Waals surface area contributed by atoms with Crippen molar-refractivity contribution in [2.75, 3.05) is 39.8 Å². The third-order valence-electron chi connectivity index (χ3n) is 4.82. The highest BCUT2D eigenvalue weighted by molar-refractivity contribution is 7.89. The van der Waals surface area contributed by atoms with Crippen LogP contribution in [-0.4, -0.2) is 75.4 Å². The molecule has 1 N–H and O–H groups in total. The number of nitrogens with one attached hydrogen (secondary N) is 1. The molecule has 8 nitrogen and oxygen atoms in total. The highest BCUT2D eigenvalue weighted by Gasteiger charge is 2.35. The first kappa shape index (κ1) is 21.6. The number of piperidine rings is 1. The van der Waals surface area contributed by atoms with E-state index in [1.165, 1.54) is 35.7 Å². The molecular formula is C17H24ClN3O5S. The second kappa shape index (κ2) is 9.01. The molecule has 1 aromatic carbocycles. The number of benzene rings is 1. The quantitative estimate of drug-likeness (QED) is 0.716. The molecule has 0 aliphatic carbocycles. The molecule has 0 saturated carbocycles. The van der Waals surface area contributed by atoms with Gasteiger partial charge in [-0.25, -0.2) is 13.2 Å². The summed E-state index contributed by atoms with van der Waals surface area (Å²) in [7, 11) is -2.49. The average molecular weight is 418 g/mol. The monoisotopic (exact) mass is 417 g/mol. The second-order valence-electron chi connectivity index (χ2n) is 6.44. The van der Waals surface area contributed by atoms with Gasteiger partial charge in [0.05, 0.1) is 24.1 Å². The summed E-state index contributed by atoms with van der Waals surface area (Å²) in [4.78, 5) is 25.6. The number of carbonyl (C=O) groups excluding carboxylic acids is 2. The molecule has 150 valence electrons. The number of hydrogen-bond acceptors (Lipinski definition) is 6. The molecule has 0 spiro atoms. The van der Waals surface area contributed by atoms with Crippen molar-refractivity contribution in [3.05, 3.63) is 29.8 Å². The summed E-state index contributed by atoms with van der Waals surface area (Å²) in [6.45, 7) is 2.29. The lowest BCUT2D eigenvalue weighted by Crippen LogP contribution is -2.57. The largest absolute Gasteiger partial charge is 0.465 e. The van der Waals surface area contributed by atoms with E-state index in [9.17, 15) is 18.0 Å². The molecule has 0 aromatic heterocycles. The zero-order valence-electron chi connectivity index (χ0n) is 15.1. The Hall–Kier alpha value is -1.68. The fourth-order valence-corrected chi connectivity index (χ4v) is 5.01. The van der Waals surface area contributed by atoms with Gasteiger partial charge in [0, 0.05) is 32.2 Å². The Morgan fingerprint density at radius 3 is 2.78 bits per heavy atom. The zero-order valence-corrected chi connectivity index (χ0v) is 16.7. The predicted molar refractivity (Wildman–Crippen MR) is 101 cm³/mol. The van der Waals surface area contributed by atoms with Gasteiger partial charge >= 0.3 is 5.97 Å².